The molecule has 0 radical (unpaired) electrons. The van der Waals surface area contributed by atoms with E-state index in [0.717, 1.165) is 18.4 Å². The number of ether oxygens (including phenoxy) is 1. The van der Waals surface area contributed by atoms with Gasteiger partial charge in [0.1, 0.15) is 5.76 Å². The molecule has 1 aliphatic heterocycles. The number of rotatable bonds is 9. The molecule has 1 aromatic carbocycles. The summed E-state index contributed by atoms with van der Waals surface area (Å²) in [5.74, 6) is -1.15. The van der Waals surface area contributed by atoms with Crippen LogP contribution in [0.3, 0.4) is 0 Å². The minimum absolute atomic E-state index is 0.0210. The van der Waals surface area contributed by atoms with Crippen LogP contribution in [0.2, 0.25) is 0 Å². The number of nitrogens with zero attached hydrogens (tertiary/aromatic N) is 1. The maximum Gasteiger partial charge on any atom is 0.339 e. The van der Waals surface area contributed by atoms with Crippen LogP contribution in [-0.2, 0) is 25.1 Å². The van der Waals surface area contributed by atoms with E-state index in [1.54, 1.807) is 24.3 Å². The third kappa shape index (κ3) is 5.19. The highest BCUT2D eigenvalue weighted by atomic mass is 32.2. The van der Waals surface area contributed by atoms with Crippen molar-refractivity contribution in [2.45, 2.75) is 82.6 Å². The van der Waals surface area contributed by atoms with Gasteiger partial charge in [-0.3, -0.25) is 0 Å². The molecule has 0 aliphatic carbocycles. The van der Waals surface area contributed by atoms with E-state index in [1.165, 1.54) is 12.3 Å². The lowest BCUT2D eigenvalue weighted by molar-refractivity contribution is -0.150. The van der Waals surface area contributed by atoms with Gasteiger partial charge in [0.25, 0.3) is 0 Å². The Morgan fingerprint density at radius 1 is 1.06 bits per heavy atom. The van der Waals surface area contributed by atoms with E-state index in [1.807, 2.05) is 46.8 Å². The molecule has 0 amide bonds. The Morgan fingerprint density at radius 2 is 1.74 bits per heavy atom. The van der Waals surface area contributed by atoms with Crippen LogP contribution in [0, 0.1) is 5.41 Å². The highest BCUT2D eigenvalue weighted by Gasteiger charge is 2.51. The lowest BCUT2D eigenvalue weighted by Gasteiger charge is -2.31. The Kier molecular flexibility index (Phi) is 7.56. The lowest BCUT2D eigenvalue weighted by atomic mass is 9.71. The Hall–Kier alpha value is -2.67. The fourth-order valence-electron chi connectivity index (χ4n) is 4.94. The van der Waals surface area contributed by atoms with Crippen molar-refractivity contribution in [1.82, 2.24) is 4.98 Å². The summed E-state index contributed by atoms with van der Waals surface area (Å²) in [6, 6.07) is 12.0. The van der Waals surface area contributed by atoms with Crippen LogP contribution in [0.15, 0.2) is 65.0 Å². The number of cyclic esters (lactones) is 1. The number of hydrogen-bond acceptors (Lipinski definition) is 6. The molecule has 7 heteroatoms. The second kappa shape index (κ2) is 9.90. The van der Waals surface area contributed by atoms with Crippen molar-refractivity contribution in [3.05, 3.63) is 71.1 Å². The van der Waals surface area contributed by atoms with E-state index in [2.05, 4.69) is 4.98 Å². The van der Waals surface area contributed by atoms with Crippen LogP contribution in [0.5, 0.6) is 0 Å². The Morgan fingerprint density at radius 3 is 2.29 bits per heavy atom. The minimum Gasteiger partial charge on any atom is -0.507 e. The average molecular weight is 486 g/mol. The van der Waals surface area contributed by atoms with Gasteiger partial charge >= 0.3 is 5.97 Å². The fourth-order valence-corrected chi connectivity index (χ4v) is 6.21. The number of esters is 1. The smallest absolute Gasteiger partial charge is 0.339 e. The molecule has 0 saturated heterocycles. The monoisotopic (exact) mass is 485 g/mol. The van der Waals surface area contributed by atoms with Gasteiger partial charge in [0.15, 0.2) is 20.5 Å². The first kappa shape index (κ1) is 25.9. The van der Waals surface area contributed by atoms with Crippen LogP contribution in [-0.4, -0.2) is 30.1 Å². The van der Waals surface area contributed by atoms with Gasteiger partial charge in [0, 0.05) is 12.1 Å². The number of benzene rings is 1. The number of carbonyl (C=O) groups is 1. The van der Waals surface area contributed by atoms with Gasteiger partial charge in [-0.05, 0) is 41.5 Å². The number of aromatic nitrogens is 1. The van der Waals surface area contributed by atoms with Crippen molar-refractivity contribution in [2.24, 2.45) is 5.41 Å². The van der Waals surface area contributed by atoms with E-state index in [-0.39, 0.29) is 22.1 Å². The SMILES string of the molecule is CCCC1(CCC)OC(=O)C(C(c2cccc(CS(=O)(=O)c3ccccn3)c2)C(C)(C)C)=C1O. The number of aliphatic hydroxyl groups is 1. The number of carbonyl (C=O) groups excluding carboxylic acids is 1. The molecule has 0 bridgehead atoms. The number of sulfone groups is 1. The van der Waals surface area contributed by atoms with Crippen molar-refractivity contribution >= 4 is 15.8 Å². The summed E-state index contributed by atoms with van der Waals surface area (Å²) >= 11 is 0. The van der Waals surface area contributed by atoms with Crippen molar-refractivity contribution < 1.29 is 23.1 Å². The Balaban J connectivity index is 2.07. The summed E-state index contributed by atoms with van der Waals surface area (Å²) in [7, 11) is -3.63. The molecular weight excluding hydrogens is 450 g/mol. The van der Waals surface area contributed by atoms with Gasteiger partial charge in [-0.15, -0.1) is 0 Å². The normalized spacial score (nSPS) is 17.0. The lowest BCUT2D eigenvalue weighted by Crippen LogP contribution is -2.31. The molecule has 0 saturated carbocycles. The molecular formula is C27H35NO5S. The van der Waals surface area contributed by atoms with Crippen molar-refractivity contribution in [1.29, 1.82) is 0 Å². The van der Waals surface area contributed by atoms with Crippen LogP contribution in [0.1, 0.15) is 77.3 Å². The molecule has 1 aliphatic rings. The molecule has 3 rings (SSSR count). The summed E-state index contributed by atoms with van der Waals surface area (Å²) < 4.78 is 31.6. The molecule has 2 heterocycles. The molecule has 0 fully saturated rings. The van der Waals surface area contributed by atoms with Crippen LogP contribution in [0.25, 0.3) is 0 Å². The molecule has 1 atom stereocenters. The number of aliphatic hydroxyl groups excluding tert-OH is 1. The van der Waals surface area contributed by atoms with Crippen molar-refractivity contribution in [3.63, 3.8) is 0 Å². The standard InChI is InChI=1S/C27H35NO5S/c1-6-14-27(15-7-2)24(29)22(25(30)33-27)23(26(3,4)5)20-12-10-11-19(17-20)18-34(31,32)21-13-8-9-16-28-21/h8-13,16-17,23,29H,6-7,14-15,18H2,1-5H3. The predicted molar refractivity (Wildman–Crippen MR) is 132 cm³/mol. The molecule has 1 N–H and O–H groups in total. The summed E-state index contributed by atoms with van der Waals surface area (Å²) in [5.41, 5.74) is 0.217. The van der Waals surface area contributed by atoms with E-state index < -0.39 is 32.7 Å². The highest BCUT2D eigenvalue weighted by Crippen LogP contribution is 2.49. The molecule has 2 aromatic rings. The van der Waals surface area contributed by atoms with Gasteiger partial charge in [0.2, 0.25) is 0 Å². The Bertz CT molecular complexity index is 1160. The van der Waals surface area contributed by atoms with Gasteiger partial charge in [-0.25, -0.2) is 18.2 Å². The zero-order chi connectivity index (χ0) is 25.1. The van der Waals surface area contributed by atoms with E-state index in [4.69, 9.17) is 4.74 Å². The summed E-state index contributed by atoms with van der Waals surface area (Å²) in [4.78, 5) is 17.2. The zero-order valence-corrected chi connectivity index (χ0v) is 21.5. The highest BCUT2D eigenvalue weighted by molar-refractivity contribution is 7.90. The molecule has 184 valence electrons. The first-order valence-electron chi connectivity index (χ1n) is 11.8. The first-order valence-corrected chi connectivity index (χ1v) is 13.5. The fraction of sp³-hybridized carbons (Fsp3) is 0.481. The van der Waals surface area contributed by atoms with E-state index >= 15 is 0 Å². The number of hydrogen-bond donors (Lipinski definition) is 1. The first-order chi connectivity index (χ1) is 15.9. The quantitative estimate of drug-likeness (QED) is 0.445. The number of pyridine rings is 1. The second-order valence-electron chi connectivity index (χ2n) is 10.1. The zero-order valence-electron chi connectivity index (χ0n) is 20.7. The molecule has 34 heavy (non-hydrogen) atoms. The molecule has 1 aromatic heterocycles. The third-order valence-corrected chi connectivity index (χ3v) is 7.85. The van der Waals surface area contributed by atoms with Crippen LogP contribution < -0.4 is 0 Å². The molecule has 6 nitrogen and oxygen atoms in total. The van der Waals surface area contributed by atoms with Gasteiger partial charge in [0.05, 0.1) is 11.3 Å². The molecule has 1 unspecified atom stereocenters. The Labute approximate surface area is 203 Å². The van der Waals surface area contributed by atoms with Crippen molar-refractivity contribution in [3.8, 4) is 0 Å². The third-order valence-electron chi connectivity index (χ3n) is 6.25. The predicted octanol–water partition coefficient (Wildman–Crippen LogP) is 5.89. The van der Waals surface area contributed by atoms with E-state index in [0.29, 0.717) is 18.4 Å². The van der Waals surface area contributed by atoms with Crippen LogP contribution in [0.4, 0.5) is 0 Å². The van der Waals surface area contributed by atoms with Gasteiger partial charge in [-0.2, -0.15) is 0 Å². The summed E-state index contributed by atoms with van der Waals surface area (Å²) in [6.45, 7) is 10.0. The van der Waals surface area contributed by atoms with Gasteiger partial charge in [-0.1, -0.05) is 77.8 Å². The topological polar surface area (TPSA) is 93.6 Å². The van der Waals surface area contributed by atoms with Crippen LogP contribution >= 0.6 is 0 Å². The summed E-state index contributed by atoms with van der Waals surface area (Å²) in [5, 5.41) is 11.4. The van der Waals surface area contributed by atoms with Gasteiger partial charge < -0.3 is 9.84 Å². The maximum absolute atomic E-state index is 13.2. The summed E-state index contributed by atoms with van der Waals surface area (Å²) in [6.07, 6.45) is 4.11. The maximum atomic E-state index is 13.2. The largest absolute Gasteiger partial charge is 0.507 e. The molecule has 0 spiro atoms. The average Bonchev–Trinajstić information content (AvgIpc) is 2.98. The van der Waals surface area contributed by atoms with E-state index in [9.17, 15) is 18.3 Å². The second-order valence-corrected chi connectivity index (χ2v) is 12.1. The van der Waals surface area contributed by atoms with Crippen molar-refractivity contribution in [2.75, 3.05) is 0 Å². The minimum atomic E-state index is -3.63.